The molecule has 144 valence electrons. The Morgan fingerprint density at radius 1 is 1.41 bits per heavy atom. The molecule has 1 saturated heterocycles. The molecule has 3 rings (SSSR count). The van der Waals surface area contributed by atoms with E-state index in [0.717, 1.165) is 12.8 Å². The van der Waals surface area contributed by atoms with Crippen LogP contribution in [0.25, 0.3) is 5.69 Å². The molecule has 0 bridgehead atoms. The van der Waals surface area contributed by atoms with Gasteiger partial charge in [-0.05, 0) is 31.9 Å². The average molecular weight is 375 g/mol. The van der Waals surface area contributed by atoms with Crippen LogP contribution in [0.2, 0.25) is 0 Å². The molecule has 1 aliphatic rings. The van der Waals surface area contributed by atoms with Crippen molar-refractivity contribution < 1.29 is 23.8 Å². The topological polar surface area (TPSA) is 84.7 Å². The van der Waals surface area contributed by atoms with Crippen LogP contribution < -0.4 is 0 Å². The zero-order valence-corrected chi connectivity index (χ0v) is 15.1. The Morgan fingerprint density at radius 3 is 2.85 bits per heavy atom. The second-order valence-electron chi connectivity index (χ2n) is 6.54. The number of rotatable bonds is 7. The van der Waals surface area contributed by atoms with Crippen LogP contribution in [-0.2, 0) is 9.53 Å². The number of halogens is 1. The summed E-state index contributed by atoms with van der Waals surface area (Å²) in [5.41, 5.74) is 1.07. The van der Waals surface area contributed by atoms with Crippen LogP contribution >= 0.6 is 0 Å². The largest absolute Gasteiger partial charge is 0.481 e. The number of aliphatic carboxylic acids is 1. The molecule has 1 aromatic heterocycles. The van der Waals surface area contributed by atoms with Gasteiger partial charge in [0.05, 0.1) is 30.0 Å². The molecule has 0 radical (unpaired) electrons. The minimum Gasteiger partial charge on any atom is -0.481 e. The summed E-state index contributed by atoms with van der Waals surface area (Å²) in [6.45, 7) is 2.75. The molecular formula is C19H22FN3O4. The fourth-order valence-corrected chi connectivity index (χ4v) is 3.20. The summed E-state index contributed by atoms with van der Waals surface area (Å²) in [5.74, 6) is -1.74. The second kappa shape index (κ2) is 8.30. The summed E-state index contributed by atoms with van der Waals surface area (Å²) in [4.78, 5) is 25.5. The van der Waals surface area contributed by atoms with Gasteiger partial charge in [-0.15, -0.1) is 0 Å². The molecule has 2 aromatic rings. The Morgan fingerprint density at radius 2 is 2.19 bits per heavy atom. The molecular weight excluding hydrogens is 353 g/mol. The monoisotopic (exact) mass is 375 g/mol. The van der Waals surface area contributed by atoms with Crippen molar-refractivity contribution in [1.82, 2.24) is 14.7 Å². The zero-order chi connectivity index (χ0) is 19.4. The predicted molar refractivity (Wildman–Crippen MR) is 95.4 cm³/mol. The van der Waals surface area contributed by atoms with Gasteiger partial charge < -0.3 is 14.7 Å². The number of carbonyl (C=O) groups is 2. The highest BCUT2D eigenvalue weighted by molar-refractivity contribution is 5.95. The Bertz CT molecular complexity index is 830. The van der Waals surface area contributed by atoms with Crippen molar-refractivity contribution in [2.24, 2.45) is 0 Å². The smallest absolute Gasteiger partial charge is 0.305 e. The Balaban J connectivity index is 1.84. The standard InChI is InChI=1S/C19H22FN3O4/c1-13-15(11-21-23(13)17-7-3-2-6-16(17)20)19(26)22(9-8-18(24)25)12-14-5-4-10-27-14/h2-3,6-7,11,14H,4-5,8-10,12H2,1H3,(H,24,25). The third-order valence-corrected chi connectivity index (χ3v) is 4.65. The minimum absolute atomic E-state index is 0.0817. The van der Waals surface area contributed by atoms with Gasteiger partial charge in [0.1, 0.15) is 11.5 Å². The fourth-order valence-electron chi connectivity index (χ4n) is 3.20. The number of ether oxygens (including phenoxy) is 1. The molecule has 1 amide bonds. The maximum absolute atomic E-state index is 14.1. The van der Waals surface area contributed by atoms with Gasteiger partial charge in [-0.3, -0.25) is 9.59 Å². The van der Waals surface area contributed by atoms with Crippen LogP contribution in [0.3, 0.4) is 0 Å². The van der Waals surface area contributed by atoms with Gasteiger partial charge in [-0.2, -0.15) is 5.10 Å². The highest BCUT2D eigenvalue weighted by Gasteiger charge is 2.26. The molecule has 8 heteroatoms. The van der Waals surface area contributed by atoms with Crippen molar-refractivity contribution in [3.8, 4) is 5.69 Å². The number of carbonyl (C=O) groups excluding carboxylic acids is 1. The van der Waals surface area contributed by atoms with Gasteiger partial charge in [0.25, 0.3) is 5.91 Å². The molecule has 2 heterocycles. The van der Waals surface area contributed by atoms with Crippen molar-refractivity contribution in [3.05, 3.63) is 47.5 Å². The molecule has 0 aliphatic carbocycles. The van der Waals surface area contributed by atoms with E-state index < -0.39 is 11.8 Å². The minimum atomic E-state index is -0.973. The van der Waals surface area contributed by atoms with Crippen molar-refractivity contribution >= 4 is 11.9 Å². The lowest BCUT2D eigenvalue weighted by Gasteiger charge is -2.25. The first kappa shape index (κ1) is 19.0. The highest BCUT2D eigenvalue weighted by Crippen LogP contribution is 2.20. The molecule has 1 aliphatic heterocycles. The van der Waals surface area contributed by atoms with E-state index in [1.165, 1.54) is 21.8 Å². The Kier molecular flexibility index (Phi) is 5.85. The van der Waals surface area contributed by atoms with Gasteiger partial charge in [0, 0.05) is 19.7 Å². The lowest BCUT2D eigenvalue weighted by atomic mass is 10.1. The third-order valence-electron chi connectivity index (χ3n) is 4.65. The first-order valence-corrected chi connectivity index (χ1v) is 8.89. The first-order chi connectivity index (χ1) is 13.0. The van der Waals surface area contributed by atoms with Crippen molar-refractivity contribution in [1.29, 1.82) is 0 Å². The van der Waals surface area contributed by atoms with E-state index in [0.29, 0.717) is 24.4 Å². The average Bonchev–Trinajstić information content (AvgIpc) is 3.28. The quantitative estimate of drug-likeness (QED) is 0.803. The van der Waals surface area contributed by atoms with Crippen LogP contribution in [-0.4, -0.2) is 57.5 Å². The molecule has 1 N–H and O–H groups in total. The third kappa shape index (κ3) is 4.33. The number of hydrogen-bond acceptors (Lipinski definition) is 4. The van der Waals surface area contributed by atoms with E-state index in [2.05, 4.69) is 5.10 Å². The van der Waals surface area contributed by atoms with Gasteiger partial charge in [0.2, 0.25) is 0 Å². The Hall–Kier alpha value is -2.74. The molecule has 0 spiro atoms. The summed E-state index contributed by atoms with van der Waals surface area (Å²) < 4.78 is 21.0. The molecule has 7 nitrogen and oxygen atoms in total. The van der Waals surface area contributed by atoms with Gasteiger partial charge in [-0.25, -0.2) is 9.07 Å². The van der Waals surface area contributed by atoms with E-state index >= 15 is 0 Å². The first-order valence-electron chi connectivity index (χ1n) is 8.89. The number of carboxylic acids is 1. The maximum atomic E-state index is 14.1. The number of amides is 1. The van der Waals surface area contributed by atoms with Crippen LogP contribution in [0.15, 0.2) is 30.5 Å². The van der Waals surface area contributed by atoms with Crippen LogP contribution in [0.4, 0.5) is 4.39 Å². The lowest BCUT2D eigenvalue weighted by molar-refractivity contribution is -0.137. The van der Waals surface area contributed by atoms with E-state index in [9.17, 15) is 14.0 Å². The maximum Gasteiger partial charge on any atom is 0.305 e. The van der Waals surface area contributed by atoms with Gasteiger partial charge in [-0.1, -0.05) is 12.1 Å². The summed E-state index contributed by atoms with van der Waals surface area (Å²) in [6, 6.07) is 6.18. The normalized spacial score (nSPS) is 16.4. The van der Waals surface area contributed by atoms with Crippen molar-refractivity contribution in [2.75, 3.05) is 19.7 Å². The summed E-state index contributed by atoms with van der Waals surface area (Å²) in [5, 5.41) is 13.1. The second-order valence-corrected chi connectivity index (χ2v) is 6.54. The number of carboxylic acid groups (broad SMARTS) is 1. The number of nitrogens with zero attached hydrogens (tertiary/aromatic N) is 3. The van der Waals surface area contributed by atoms with E-state index in [4.69, 9.17) is 9.84 Å². The Labute approximate surface area is 156 Å². The van der Waals surface area contributed by atoms with Crippen LogP contribution in [0.1, 0.15) is 35.3 Å². The fraction of sp³-hybridized carbons (Fsp3) is 0.421. The summed E-state index contributed by atoms with van der Waals surface area (Å²) in [6.07, 6.45) is 2.91. The number of para-hydroxylation sites is 1. The summed E-state index contributed by atoms with van der Waals surface area (Å²) in [7, 11) is 0. The molecule has 1 atom stereocenters. The SMILES string of the molecule is Cc1c(C(=O)N(CCC(=O)O)CC2CCCO2)cnn1-c1ccccc1F. The van der Waals surface area contributed by atoms with Crippen molar-refractivity contribution in [3.63, 3.8) is 0 Å². The number of hydrogen-bond donors (Lipinski definition) is 1. The lowest BCUT2D eigenvalue weighted by Crippen LogP contribution is -2.39. The molecule has 27 heavy (non-hydrogen) atoms. The van der Waals surface area contributed by atoms with Gasteiger partial charge >= 0.3 is 5.97 Å². The highest BCUT2D eigenvalue weighted by atomic mass is 19.1. The van der Waals surface area contributed by atoms with Crippen molar-refractivity contribution in [2.45, 2.75) is 32.3 Å². The van der Waals surface area contributed by atoms with Gasteiger partial charge in [0.15, 0.2) is 0 Å². The molecule has 0 saturated carbocycles. The zero-order valence-electron chi connectivity index (χ0n) is 15.1. The molecule has 1 fully saturated rings. The summed E-state index contributed by atoms with van der Waals surface area (Å²) >= 11 is 0. The number of benzene rings is 1. The molecule has 1 aromatic carbocycles. The van der Waals surface area contributed by atoms with Crippen LogP contribution in [0, 0.1) is 12.7 Å². The number of aromatic nitrogens is 2. The van der Waals surface area contributed by atoms with E-state index in [1.807, 2.05) is 0 Å². The van der Waals surface area contributed by atoms with E-state index in [-0.39, 0.29) is 30.7 Å². The van der Waals surface area contributed by atoms with E-state index in [1.54, 1.807) is 25.1 Å². The van der Waals surface area contributed by atoms with Crippen LogP contribution in [0.5, 0.6) is 0 Å². The molecule has 1 unspecified atom stereocenters. The predicted octanol–water partition coefficient (Wildman–Crippen LogP) is 2.42.